The van der Waals surface area contributed by atoms with Gasteiger partial charge in [-0.3, -0.25) is 9.89 Å². The number of carbonyl (C=O) groups is 1. The molecule has 1 aliphatic rings. The molecule has 1 fully saturated rings. The highest BCUT2D eigenvalue weighted by molar-refractivity contribution is 5.94. The number of hydrogen-bond acceptors (Lipinski definition) is 3. The van der Waals surface area contributed by atoms with Crippen LogP contribution in [-0.2, 0) is 0 Å². The SMILES string of the molecule is O=C(c1cn[nH]c1)N1CCCC1CO. The van der Waals surface area contributed by atoms with Gasteiger partial charge < -0.3 is 10.0 Å². The molecule has 14 heavy (non-hydrogen) atoms. The van der Waals surface area contributed by atoms with Crippen molar-refractivity contribution in [3.63, 3.8) is 0 Å². The second kappa shape index (κ2) is 3.79. The molecule has 2 N–H and O–H groups in total. The Morgan fingerprint density at radius 2 is 2.64 bits per heavy atom. The number of hydrogen-bond donors (Lipinski definition) is 2. The summed E-state index contributed by atoms with van der Waals surface area (Å²) in [5.74, 6) is -0.0460. The molecule has 2 rings (SSSR count). The lowest BCUT2D eigenvalue weighted by atomic mass is 10.2. The number of aliphatic hydroxyl groups excluding tert-OH is 1. The Bertz CT molecular complexity index is 310. The molecule has 5 nitrogen and oxygen atoms in total. The number of rotatable bonds is 2. The van der Waals surface area contributed by atoms with Gasteiger partial charge >= 0.3 is 0 Å². The van der Waals surface area contributed by atoms with Crippen LogP contribution in [0.3, 0.4) is 0 Å². The molecule has 0 saturated carbocycles. The van der Waals surface area contributed by atoms with Crippen molar-refractivity contribution in [3.8, 4) is 0 Å². The standard InChI is InChI=1S/C9H13N3O2/c13-6-8-2-1-3-12(8)9(14)7-4-10-11-5-7/h4-5,8,13H,1-3,6H2,(H,10,11). The molecule has 1 aromatic heterocycles. The van der Waals surface area contributed by atoms with Crippen LogP contribution >= 0.6 is 0 Å². The fourth-order valence-corrected chi connectivity index (χ4v) is 1.83. The van der Waals surface area contributed by atoms with Crippen LogP contribution in [0.1, 0.15) is 23.2 Å². The zero-order valence-corrected chi connectivity index (χ0v) is 7.81. The minimum atomic E-state index is -0.0460. The molecule has 1 unspecified atom stereocenters. The van der Waals surface area contributed by atoms with E-state index in [1.807, 2.05) is 0 Å². The zero-order valence-electron chi connectivity index (χ0n) is 7.81. The van der Waals surface area contributed by atoms with Crippen molar-refractivity contribution < 1.29 is 9.90 Å². The first kappa shape index (κ1) is 9.21. The topological polar surface area (TPSA) is 69.2 Å². The van der Waals surface area contributed by atoms with Crippen molar-refractivity contribution in [3.05, 3.63) is 18.0 Å². The van der Waals surface area contributed by atoms with Gasteiger partial charge in [-0.25, -0.2) is 0 Å². The largest absolute Gasteiger partial charge is 0.394 e. The number of aromatic nitrogens is 2. The summed E-state index contributed by atoms with van der Waals surface area (Å²) in [5, 5.41) is 15.4. The molecule has 0 aromatic carbocycles. The summed E-state index contributed by atoms with van der Waals surface area (Å²) in [4.78, 5) is 13.5. The highest BCUT2D eigenvalue weighted by Crippen LogP contribution is 2.18. The van der Waals surface area contributed by atoms with E-state index in [0.29, 0.717) is 5.56 Å². The van der Waals surface area contributed by atoms with E-state index in [-0.39, 0.29) is 18.6 Å². The van der Waals surface area contributed by atoms with Crippen LogP contribution in [0.25, 0.3) is 0 Å². The summed E-state index contributed by atoms with van der Waals surface area (Å²) in [6.07, 6.45) is 4.94. The third kappa shape index (κ3) is 1.50. The monoisotopic (exact) mass is 195 g/mol. The van der Waals surface area contributed by atoms with Crippen molar-refractivity contribution in [2.45, 2.75) is 18.9 Å². The van der Waals surface area contributed by atoms with Gasteiger partial charge in [0.25, 0.3) is 5.91 Å². The van der Waals surface area contributed by atoms with Crippen LogP contribution in [-0.4, -0.2) is 45.3 Å². The lowest BCUT2D eigenvalue weighted by Crippen LogP contribution is -2.37. The molecule has 5 heteroatoms. The molecule has 0 aliphatic carbocycles. The quantitative estimate of drug-likeness (QED) is 0.698. The Morgan fingerprint density at radius 3 is 3.29 bits per heavy atom. The molecule has 1 amide bonds. The third-order valence-electron chi connectivity index (χ3n) is 2.59. The first-order valence-corrected chi connectivity index (χ1v) is 4.73. The summed E-state index contributed by atoms with van der Waals surface area (Å²) in [5.41, 5.74) is 0.561. The molecule has 76 valence electrons. The van der Waals surface area contributed by atoms with Crippen LogP contribution < -0.4 is 0 Å². The van der Waals surface area contributed by atoms with Gasteiger partial charge in [0.05, 0.1) is 24.4 Å². The van der Waals surface area contributed by atoms with Crippen molar-refractivity contribution in [1.82, 2.24) is 15.1 Å². The van der Waals surface area contributed by atoms with Crippen molar-refractivity contribution in [2.24, 2.45) is 0 Å². The first-order valence-electron chi connectivity index (χ1n) is 4.73. The second-order valence-electron chi connectivity index (χ2n) is 3.46. The molecule has 0 radical (unpaired) electrons. The van der Waals surface area contributed by atoms with Gasteiger partial charge in [0.15, 0.2) is 0 Å². The molecule has 0 bridgehead atoms. The number of carbonyl (C=O) groups excluding carboxylic acids is 1. The van der Waals surface area contributed by atoms with Crippen LogP contribution in [0, 0.1) is 0 Å². The molecule has 1 aliphatic heterocycles. The normalized spacial score (nSPS) is 21.5. The Morgan fingerprint density at radius 1 is 1.79 bits per heavy atom. The lowest BCUT2D eigenvalue weighted by Gasteiger charge is -2.22. The smallest absolute Gasteiger partial charge is 0.257 e. The van der Waals surface area contributed by atoms with Crippen molar-refractivity contribution in [1.29, 1.82) is 0 Å². The van der Waals surface area contributed by atoms with E-state index in [9.17, 15) is 4.79 Å². The summed E-state index contributed by atoms with van der Waals surface area (Å²) in [6, 6.07) is -0.0163. The Balaban J connectivity index is 2.11. The van der Waals surface area contributed by atoms with Crippen LogP contribution in [0.4, 0.5) is 0 Å². The summed E-state index contributed by atoms with van der Waals surface area (Å²) in [7, 11) is 0. The number of nitrogens with zero attached hydrogens (tertiary/aromatic N) is 2. The van der Waals surface area contributed by atoms with E-state index in [2.05, 4.69) is 10.2 Å². The minimum Gasteiger partial charge on any atom is -0.394 e. The molecule has 1 atom stereocenters. The van der Waals surface area contributed by atoms with Gasteiger partial charge in [0.1, 0.15) is 0 Å². The van der Waals surface area contributed by atoms with Crippen molar-refractivity contribution in [2.75, 3.05) is 13.2 Å². The maximum Gasteiger partial charge on any atom is 0.257 e. The zero-order chi connectivity index (χ0) is 9.97. The number of likely N-dealkylation sites (tertiary alicyclic amines) is 1. The molecule has 2 heterocycles. The van der Waals surface area contributed by atoms with Crippen LogP contribution in [0.5, 0.6) is 0 Å². The van der Waals surface area contributed by atoms with Crippen molar-refractivity contribution >= 4 is 5.91 Å². The Kier molecular flexibility index (Phi) is 2.49. The number of aromatic amines is 1. The highest BCUT2D eigenvalue weighted by Gasteiger charge is 2.28. The van der Waals surface area contributed by atoms with E-state index in [1.54, 1.807) is 11.1 Å². The fourth-order valence-electron chi connectivity index (χ4n) is 1.83. The maximum atomic E-state index is 11.8. The summed E-state index contributed by atoms with van der Waals surface area (Å²) >= 11 is 0. The molecule has 0 spiro atoms. The Labute approximate surface area is 81.7 Å². The van der Waals surface area contributed by atoms with Crippen LogP contribution in [0.2, 0.25) is 0 Å². The second-order valence-corrected chi connectivity index (χ2v) is 3.46. The molecule has 1 aromatic rings. The maximum absolute atomic E-state index is 11.8. The van der Waals surface area contributed by atoms with Crippen LogP contribution in [0.15, 0.2) is 12.4 Å². The summed E-state index contributed by atoms with van der Waals surface area (Å²) < 4.78 is 0. The number of amides is 1. The van der Waals surface area contributed by atoms with Gasteiger partial charge in [0.2, 0.25) is 0 Å². The first-order chi connectivity index (χ1) is 6.83. The average molecular weight is 195 g/mol. The number of H-pyrrole nitrogens is 1. The number of aliphatic hydroxyl groups is 1. The van der Waals surface area contributed by atoms with Gasteiger partial charge in [-0.05, 0) is 12.8 Å². The molecular formula is C9H13N3O2. The highest BCUT2D eigenvalue weighted by atomic mass is 16.3. The van der Waals surface area contributed by atoms with E-state index in [0.717, 1.165) is 19.4 Å². The van der Waals surface area contributed by atoms with E-state index in [4.69, 9.17) is 5.11 Å². The lowest BCUT2D eigenvalue weighted by molar-refractivity contribution is 0.0677. The van der Waals surface area contributed by atoms with E-state index in [1.165, 1.54) is 6.20 Å². The fraction of sp³-hybridized carbons (Fsp3) is 0.556. The molecular weight excluding hydrogens is 182 g/mol. The molecule has 1 saturated heterocycles. The predicted octanol–water partition coefficient (Wildman–Crippen LogP) is 0.00660. The predicted molar refractivity (Wildman–Crippen MR) is 49.7 cm³/mol. The number of nitrogens with one attached hydrogen (secondary N) is 1. The average Bonchev–Trinajstić information content (AvgIpc) is 2.87. The van der Waals surface area contributed by atoms with Gasteiger partial charge in [0, 0.05) is 12.7 Å². The minimum absolute atomic E-state index is 0.0163. The van der Waals surface area contributed by atoms with Gasteiger partial charge in [-0.1, -0.05) is 0 Å². The summed E-state index contributed by atoms with van der Waals surface area (Å²) in [6.45, 7) is 0.777. The van der Waals surface area contributed by atoms with Gasteiger partial charge in [-0.15, -0.1) is 0 Å². The third-order valence-corrected chi connectivity index (χ3v) is 2.59. The van der Waals surface area contributed by atoms with E-state index < -0.39 is 0 Å². The van der Waals surface area contributed by atoms with E-state index >= 15 is 0 Å². The Hall–Kier alpha value is -1.36. The van der Waals surface area contributed by atoms with Gasteiger partial charge in [-0.2, -0.15) is 5.10 Å².